The average molecular weight is 427 g/mol. The summed E-state index contributed by atoms with van der Waals surface area (Å²) in [5.74, 6) is 0. The Morgan fingerprint density at radius 3 is 2.58 bits per heavy atom. The number of benzene rings is 1. The van der Waals surface area contributed by atoms with E-state index in [1.165, 1.54) is 10.9 Å². The highest BCUT2D eigenvalue weighted by molar-refractivity contribution is 9.10. The summed E-state index contributed by atoms with van der Waals surface area (Å²) in [6.45, 7) is 5.00. The molecular weight excluding hydrogens is 407 g/mol. The Bertz CT molecular complexity index is 850. The first-order chi connectivity index (χ1) is 12.2. The first-order valence-corrected chi connectivity index (χ1v) is 8.64. The van der Waals surface area contributed by atoms with Gasteiger partial charge in [0, 0.05) is 11.0 Å². The van der Waals surface area contributed by atoms with Gasteiger partial charge in [-0.25, -0.2) is 23.2 Å². The van der Waals surface area contributed by atoms with Gasteiger partial charge in [0.25, 0.3) is 0 Å². The molecule has 0 aliphatic rings. The minimum Gasteiger partial charge on any atom is -0.444 e. The summed E-state index contributed by atoms with van der Waals surface area (Å²) >= 11 is 3.33. The summed E-state index contributed by atoms with van der Waals surface area (Å²) in [4.78, 5) is 24.1. The molecule has 140 valence electrons. The first kappa shape index (κ1) is 19.9. The predicted molar refractivity (Wildman–Crippen MR) is 99.0 cm³/mol. The third-order valence-corrected chi connectivity index (χ3v) is 3.73. The lowest BCUT2D eigenvalue weighted by Crippen LogP contribution is -2.34. The monoisotopic (exact) mass is 426 g/mol. The maximum absolute atomic E-state index is 13.1. The Labute approximate surface area is 158 Å². The summed E-state index contributed by atoms with van der Waals surface area (Å²) in [5, 5.41) is 6.44. The lowest BCUT2D eigenvalue weighted by Gasteiger charge is -2.19. The molecule has 1 heterocycles. The van der Waals surface area contributed by atoms with Gasteiger partial charge in [-0.2, -0.15) is 5.10 Å². The van der Waals surface area contributed by atoms with Crippen LogP contribution in [0.25, 0.3) is 5.69 Å². The number of aromatic nitrogens is 3. The molecule has 26 heavy (non-hydrogen) atoms. The number of nitrogens with zero attached hydrogens (tertiary/aromatic N) is 3. The SMILES string of the molecule is CC(C)(C)OC(=O)NC/C(=C\F)Cn1ncn(-c2ccc(Br)cc2)c1=O. The molecule has 0 spiro atoms. The molecule has 0 radical (unpaired) electrons. The van der Waals surface area contributed by atoms with Crippen LogP contribution < -0.4 is 11.0 Å². The van der Waals surface area contributed by atoms with Crippen molar-refractivity contribution in [2.45, 2.75) is 32.9 Å². The fraction of sp³-hybridized carbons (Fsp3) is 0.353. The third-order valence-electron chi connectivity index (χ3n) is 3.20. The second kappa shape index (κ2) is 8.31. The molecule has 0 unspecified atom stereocenters. The fourth-order valence-corrected chi connectivity index (χ4v) is 2.31. The number of halogens is 2. The van der Waals surface area contributed by atoms with E-state index in [-0.39, 0.29) is 18.7 Å². The van der Waals surface area contributed by atoms with Gasteiger partial charge in [0.05, 0.1) is 18.6 Å². The molecular formula is C17H20BrFN4O3. The topological polar surface area (TPSA) is 78.2 Å². The van der Waals surface area contributed by atoms with Crippen molar-refractivity contribution in [1.82, 2.24) is 19.7 Å². The second-order valence-electron chi connectivity index (χ2n) is 6.54. The maximum atomic E-state index is 13.1. The van der Waals surface area contributed by atoms with Crippen LogP contribution in [0.4, 0.5) is 9.18 Å². The molecule has 0 saturated carbocycles. The molecule has 1 N–H and O–H groups in total. The Morgan fingerprint density at radius 2 is 2.00 bits per heavy atom. The van der Waals surface area contributed by atoms with E-state index in [1.54, 1.807) is 45.0 Å². The van der Waals surface area contributed by atoms with Gasteiger partial charge in [-0.05, 0) is 50.6 Å². The molecule has 0 atom stereocenters. The molecule has 9 heteroatoms. The van der Waals surface area contributed by atoms with Crippen LogP contribution in [0.5, 0.6) is 0 Å². The summed E-state index contributed by atoms with van der Waals surface area (Å²) in [6, 6.07) is 7.12. The van der Waals surface area contributed by atoms with Crippen LogP contribution in [0.3, 0.4) is 0 Å². The number of hydrogen-bond donors (Lipinski definition) is 1. The Kier molecular flexibility index (Phi) is 6.36. The first-order valence-electron chi connectivity index (χ1n) is 7.85. The van der Waals surface area contributed by atoms with E-state index in [0.717, 1.165) is 9.15 Å². The van der Waals surface area contributed by atoms with Crippen LogP contribution in [0, 0.1) is 0 Å². The summed E-state index contributed by atoms with van der Waals surface area (Å²) in [5.41, 5.74) is -0.241. The van der Waals surface area contributed by atoms with Crippen LogP contribution in [0.2, 0.25) is 0 Å². The van der Waals surface area contributed by atoms with Gasteiger partial charge < -0.3 is 10.1 Å². The largest absolute Gasteiger partial charge is 0.444 e. The standard InChI is InChI=1S/C17H20BrFN4O3/c1-17(2,3)26-15(24)20-9-12(8-19)10-23-16(25)22(11-21-23)14-6-4-13(18)5-7-14/h4-8,11H,9-10H2,1-3H3,(H,20,24)/b12-8+. The number of alkyl carbamates (subject to hydrolysis) is 1. The predicted octanol–water partition coefficient (Wildman–Crippen LogP) is 3.17. The molecule has 0 fully saturated rings. The van der Waals surface area contributed by atoms with Crippen molar-refractivity contribution < 1.29 is 13.9 Å². The van der Waals surface area contributed by atoms with Crippen LogP contribution in [0.15, 0.2) is 51.8 Å². The highest BCUT2D eigenvalue weighted by Gasteiger charge is 2.16. The number of nitrogens with one attached hydrogen (secondary N) is 1. The van der Waals surface area contributed by atoms with Crippen molar-refractivity contribution >= 4 is 22.0 Å². The van der Waals surface area contributed by atoms with Gasteiger partial charge in [-0.1, -0.05) is 15.9 Å². The number of amides is 1. The highest BCUT2D eigenvalue weighted by Crippen LogP contribution is 2.12. The maximum Gasteiger partial charge on any atom is 0.407 e. The summed E-state index contributed by atoms with van der Waals surface area (Å²) in [7, 11) is 0. The quantitative estimate of drug-likeness (QED) is 0.795. The molecule has 1 amide bonds. The lowest BCUT2D eigenvalue weighted by atomic mass is 10.2. The zero-order valence-electron chi connectivity index (χ0n) is 14.7. The van der Waals surface area contributed by atoms with Gasteiger partial charge in [0.1, 0.15) is 11.9 Å². The van der Waals surface area contributed by atoms with E-state index in [4.69, 9.17) is 4.74 Å². The third kappa shape index (κ3) is 5.55. The Morgan fingerprint density at radius 1 is 1.35 bits per heavy atom. The average Bonchev–Trinajstić information content (AvgIpc) is 2.91. The van der Waals surface area contributed by atoms with Gasteiger partial charge in [-0.3, -0.25) is 0 Å². The molecule has 0 bridgehead atoms. The zero-order chi connectivity index (χ0) is 19.3. The van der Waals surface area contributed by atoms with Crippen LogP contribution in [-0.4, -0.2) is 32.6 Å². The molecule has 0 saturated heterocycles. The van der Waals surface area contributed by atoms with E-state index in [2.05, 4.69) is 26.3 Å². The lowest BCUT2D eigenvalue weighted by molar-refractivity contribution is 0.0532. The Hall–Kier alpha value is -2.42. The Balaban J connectivity index is 2.04. The fourth-order valence-electron chi connectivity index (χ4n) is 2.05. The summed E-state index contributed by atoms with van der Waals surface area (Å²) in [6.07, 6.45) is 1.05. The molecule has 2 rings (SSSR count). The molecule has 1 aromatic carbocycles. The smallest absolute Gasteiger partial charge is 0.407 e. The number of ether oxygens (including phenoxy) is 1. The molecule has 2 aromatic rings. The normalized spacial score (nSPS) is 12.1. The van der Waals surface area contributed by atoms with Crippen molar-refractivity contribution in [1.29, 1.82) is 0 Å². The van der Waals surface area contributed by atoms with Crippen LogP contribution in [-0.2, 0) is 11.3 Å². The van der Waals surface area contributed by atoms with Crippen molar-refractivity contribution in [2.75, 3.05) is 6.54 Å². The minimum absolute atomic E-state index is 0.0886. The molecule has 7 nitrogen and oxygen atoms in total. The van der Waals surface area contributed by atoms with E-state index >= 15 is 0 Å². The van der Waals surface area contributed by atoms with E-state index in [9.17, 15) is 14.0 Å². The number of carbonyl (C=O) groups excluding carboxylic acids is 1. The van der Waals surface area contributed by atoms with Crippen molar-refractivity contribution in [2.24, 2.45) is 0 Å². The van der Waals surface area contributed by atoms with Crippen molar-refractivity contribution in [3.63, 3.8) is 0 Å². The van der Waals surface area contributed by atoms with Gasteiger partial charge >= 0.3 is 11.8 Å². The number of hydrogen-bond acceptors (Lipinski definition) is 4. The summed E-state index contributed by atoms with van der Waals surface area (Å²) < 4.78 is 21.6. The highest BCUT2D eigenvalue weighted by atomic mass is 79.9. The van der Waals surface area contributed by atoms with E-state index in [0.29, 0.717) is 12.0 Å². The molecule has 1 aromatic heterocycles. The second-order valence-corrected chi connectivity index (χ2v) is 7.46. The van der Waals surface area contributed by atoms with Crippen LogP contribution >= 0.6 is 15.9 Å². The number of carbonyl (C=O) groups is 1. The van der Waals surface area contributed by atoms with E-state index in [1.807, 2.05) is 0 Å². The van der Waals surface area contributed by atoms with Gasteiger partial charge in [0.2, 0.25) is 0 Å². The van der Waals surface area contributed by atoms with Crippen molar-refractivity contribution in [3.8, 4) is 5.69 Å². The molecule has 0 aliphatic carbocycles. The minimum atomic E-state index is -0.662. The van der Waals surface area contributed by atoms with Gasteiger partial charge in [-0.15, -0.1) is 0 Å². The van der Waals surface area contributed by atoms with Gasteiger partial charge in [0.15, 0.2) is 0 Å². The zero-order valence-corrected chi connectivity index (χ0v) is 16.3. The number of rotatable bonds is 5. The van der Waals surface area contributed by atoms with Crippen molar-refractivity contribution in [3.05, 3.63) is 57.5 Å². The van der Waals surface area contributed by atoms with Crippen LogP contribution in [0.1, 0.15) is 20.8 Å². The van der Waals surface area contributed by atoms with E-state index < -0.39 is 17.4 Å². The molecule has 0 aliphatic heterocycles.